The molecule has 202 valence electrons. The fourth-order valence-corrected chi connectivity index (χ4v) is 5.08. The van der Waals surface area contributed by atoms with Gasteiger partial charge in [0.05, 0.1) is 12.2 Å². The highest BCUT2D eigenvalue weighted by atomic mass is 32.1. The van der Waals surface area contributed by atoms with Crippen LogP contribution in [0.4, 0.5) is 9.80 Å². The second-order valence-electron chi connectivity index (χ2n) is 10.9. The Morgan fingerprint density at radius 2 is 1.73 bits per heavy atom. The van der Waals surface area contributed by atoms with Crippen molar-refractivity contribution in [1.29, 1.82) is 0 Å². The largest absolute Gasteiger partial charge is 0.456 e. The zero-order valence-corrected chi connectivity index (χ0v) is 23.1. The fraction of sp³-hybridized carbons (Fsp3) is 0.519. The van der Waals surface area contributed by atoms with E-state index >= 15 is 0 Å². The van der Waals surface area contributed by atoms with Crippen molar-refractivity contribution in [2.24, 2.45) is 0 Å². The number of hydrogen-bond donors (Lipinski definition) is 3. The molecule has 2 unspecified atom stereocenters. The molecular weight excluding hydrogens is 494 g/mol. The van der Waals surface area contributed by atoms with E-state index in [2.05, 4.69) is 10.6 Å². The highest BCUT2D eigenvalue weighted by Crippen LogP contribution is 2.40. The predicted molar refractivity (Wildman–Crippen MR) is 143 cm³/mol. The molecule has 0 spiro atoms. The number of alkyl carbamates (subject to hydrolysis) is 1. The van der Waals surface area contributed by atoms with E-state index in [1.165, 1.54) is 11.3 Å². The number of benzene rings is 1. The van der Waals surface area contributed by atoms with Crippen molar-refractivity contribution in [3.05, 3.63) is 51.9 Å². The van der Waals surface area contributed by atoms with Gasteiger partial charge in [-0.05, 0) is 59.1 Å². The molecule has 1 aromatic heterocycles. The molecule has 0 aliphatic carbocycles. The molecule has 3 rings (SSSR count). The monoisotopic (exact) mass is 531 g/mol. The molecule has 0 saturated carbocycles. The van der Waals surface area contributed by atoms with Crippen LogP contribution in [0.1, 0.15) is 74.0 Å². The van der Waals surface area contributed by atoms with Crippen molar-refractivity contribution in [1.82, 2.24) is 10.6 Å². The van der Waals surface area contributed by atoms with E-state index in [1.54, 1.807) is 41.5 Å². The minimum atomic E-state index is -0.856. The predicted octanol–water partition coefficient (Wildman–Crippen LogP) is 4.15. The molecule has 2 atom stereocenters. The molecule has 2 aromatic rings. The Morgan fingerprint density at radius 1 is 1.08 bits per heavy atom. The minimum Gasteiger partial charge on any atom is -0.456 e. The zero-order chi connectivity index (χ0) is 27.4. The molecule has 1 aromatic carbocycles. The van der Waals surface area contributed by atoms with Crippen molar-refractivity contribution in [3.8, 4) is 0 Å². The summed E-state index contributed by atoms with van der Waals surface area (Å²) >= 11 is 1.27. The lowest BCUT2D eigenvalue weighted by Crippen LogP contribution is -2.50. The van der Waals surface area contributed by atoms with Crippen molar-refractivity contribution in [2.75, 3.05) is 18.9 Å². The van der Waals surface area contributed by atoms with Crippen molar-refractivity contribution < 1.29 is 28.6 Å². The second kappa shape index (κ2) is 11.5. The molecule has 37 heavy (non-hydrogen) atoms. The summed E-state index contributed by atoms with van der Waals surface area (Å²) in [4.78, 5) is 39.2. The molecule has 4 N–H and O–H groups in total. The maximum Gasteiger partial charge on any atom is 0.408 e. The van der Waals surface area contributed by atoms with Gasteiger partial charge >= 0.3 is 12.1 Å². The number of carbonyl (C=O) groups is 3. The Bertz CT molecular complexity index is 1120. The average Bonchev–Trinajstić information content (AvgIpc) is 3.11. The Balaban J connectivity index is 1.73. The maximum absolute atomic E-state index is 13.2. The lowest BCUT2D eigenvalue weighted by atomic mass is 10.0. The smallest absolute Gasteiger partial charge is 0.408 e. The van der Waals surface area contributed by atoms with E-state index in [-0.39, 0.29) is 18.9 Å². The van der Waals surface area contributed by atoms with E-state index in [0.717, 1.165) is 16.0 Å². The maximum atomic E-state index is 13.2. The highest BCUT2D eigenvalue weighted by Gasteiger charge is 2.33. The third kappa shape index (κ3) is 8.19. The summed E-state index contributed by atoms with van der Waals surface area (Å²) in [5.74, 6) is -0.834. The van der Waals surface area contributed by atoms with Crippen LogP contribution in [0.3, 0.4) is 0 Å². The van der Waals surface area contributed by atoms with Crippen molar-refractivity contribution in [3.63, 3.8) is 0 Å². The Kier molecular flexibility index (Phi) is 8.86. The van der Waals surface area contributed by atoms with E-state index in [0.29, 0.717) is 23.6 Å². The van der Waals surface area contributed by atoms with E-state index in [4.69, 9.17) is 19.9 Å². The second-order valence-corrected chi connectivity index (χ2v) is 12.0. The lowest BCUT2D eigenvalue weighted by Gasteiger charge is -2.26. The summed E-state index contributed by atoms with van der Waals surface area (Å²) in [5, 5.41) is 5.95. The van der Waals surface area contributed by atoms with Crippen LogP contribution in [0.25, 0.3) is 0 Å². The van der Waals surface area contributed by atoms with Gasteiger partial charge in [0.2, 0.25) is 5.91 Å². The Hall–Kier alpha value is -3.11. The van der Waals surface area contributed by atoms with E-state index < -0.39 is 35.4 Å². The molecule has 2 amide bonds. The summed E-state index contributed by atoms with van der Waals surface area (Å²) in [7, 11) is 0. The summed E-state index contributed by atoms with van der Waals surface area (Å²) in [6.45, 7) is 11.2. The topological polar surface area (TPSA) is 129 Å². The van der Waals surface area contributed by atoms with Gasteiger partial charge in [0.15, 0.2) is 0 Å². The van der Waals surface area contributed by atoms with Gasteiger partial charge in [0.1, 0.15) is 28.3 Å². The number of nitrogens with one attached hydrogen (secondary N) is 2. The molecule has 0 bridgehead atoms. The number of ether oxygens (including phenoxy) is 3. The van der Waals surface area contributed by atoms with Gasteiger partial charge in [-0.3, -0.25) is 4.79 Å². The number of amides is 2. The normalized spacial score (nSPS) is 16.3. The first kappa shape index (κ1) is 28.5. The van der Waals surface area contributed by atoms with Crippen molar-refractivity contribution >= 4 is 34.3 Å². The molecular formula is C27H37N3O6S. The van der Waals surface area contributed by atoms with Crippen LogP contribution >= 0.6 is 11.3 Å². The minimum absolute atomic E-state index is 0.154. The zero-order valence-electron chi connectivity index (χ0n) is 22.3. The summed E-state index contributed by atoms with van der Waals surface area (Å²) in [6, 6.07) is 8.55. The SMILES string of the molecule is CC(C)(C)OC(=O)NC(Cc1ccccc1)C(=O)NCC1OCCc2c1sc(N)c2C(=O)OC(C)(C)C. The number of nitrogen functional groups attached to an aromatic ring is 1. The molecule has 0 radical (unpaired) electrons. The molecule has 1 aliphatic rings. The van der Waals surface area contributed by atoms with Crippen LogP contribution in [0.5, 0.6) is 0 Å². The lowest BCUT2D eigenvalue weighted by molar-refractivity contribution is -0.124. The van der Waals surface area contributed by atoms with Crippen LogP contribution in [0, 0.1) is 0 Å². The number of rotatable bonds is 7. The first-order valence-corrected chi connectivity index (χ1v) is 13.1. The van der Waals surface area contributed by atoms with Gasteiger partial charge in [0.25, 0.3) is 0 Å². The van der Waals surface area contributed by atoms with Gasteiger partial charge in [-0.1, -0.05) is 30.3 Å². The quantitative estimate of drug-likeness (QED) is 0.458. The van der Waals surface area contributed by atoms with Crippen LogP contribution in [-0.4, -0.2) is 48.4 Å². The van der Waals surface area contributed by atoms with Gasteiger partial charge in [-0.2, -0.15) is 0 Å². The highest BCUT2D eigenvalue weighted by molar-refractivity contribution is 7.16. The van der Waals surface area contributed by atoms with Crippen LogP contribution < -0.4 is 16.4 Å². The van der Waals surface area contributed by atoms with Gasteiger partial charge < -0.3 is 30.6 Å². The number of nitrogens with two attached hydrogens (primary N) is 1. The molecule has 0 fully saturated rings. The summed E-state index contributed by atoms with van der Waals surface area (Å²) < 4.78 is 16.8. The van der Waals surface area contributed by atoms with Gasteiger partial charge in [-0.15, -0.1) is 11.3 Å². The number of thiophene rings is 1. The fourth-order valence-electron chi connectivity index (χ4n) is 3.92. The standard InChI is InChI=1S/C27H37N3O6S/c1-26(2,3)35-24(32)20-17-12-13-34-19(21(17)37-22(20)28)15-29-23(31)18(14-16-10-8-7-9-11-16)30-25(33)36-27(4,5)6/h7-11,18-19H,12-15,28H2,1-6H3,(H,29,31)(H,30,33). The van der Waals surface area contributed by atoms with Gasteiger partial charge in [0, 0.05) is 17.8 Å². The molecule has 2 heterocycles. The third-order valence-corrected chi connectivity index (χ3v) is 6.54. The number of fused-ring (bicyclic) bond motifs is 1. The number of hydrogen-bond acceptors (Lipinski definition) is 8. The van der Waals surface area contributed by atoms with Crippen LogP contribution in [-0.2, 0) is 31.8 Å². The Labute approximate surface area is 222 Å². The van der Waals surface area contributed by atoms with E-state index in [1.807, 2.05) is 30.3 Å². The molecule has 0 saturated heterocycles. The molecule has 1 aliphatic heterocycles. The third-order valence-electron chi connectivity index (χ3n) is 5.38. The Morgan fingerprint density at radius 3 is 2.35 bits per heavy atom. The van der Waals surface area contributed by atoms with E-state index in [9.17, 15) is 14.4 Å². The average molecular weight is 532 g/mol. The van der Waals surface area contributed by atoms with Crippen LogP contribution in [0.2, 0.25) is 0 Å². The number of anilines is 1. The van der Waals surface area contributed by atoms with Crippen LogP contribution in [0.15, 0.2) is 30.3 Å². The number of carbonyl (C=O) groups excluding carboxylic acids is 3. The summed E-state index contributed by atoms with van der Waals surface area (Å²) in [6.07, 6.45) is -0.334. The first-order valence-electron chi connectivity index (χ1n) is 12.3. The summed E-state index contributed by atoms with van der Waals surface area (Å²) in [5.41, 5.74) is 6.94. The molecule has 10 heteroatoms. The van der Waals surface area contributed by atoms with Crippen molar-refractivity contribution in [2.45, 2.75) is 77.7 Å². The molecule has 9 nitrogen and oxygen atoms in total. The first-order chi connectivity index (χ1) is 17.2. The number of esters is 1. The van der Waals surface area contributed by atoms with Gasteiger partial charge in [-0.25, -0.2) is 9.59 Å².